The third kappa shape index (κ3) is 8.02. The fraction of sp³-hybridized carbons (Fsp3) is 0.944. The molecule has 0 bridgehead atoms. The second kappa shape index (κ2) is 6.77. The molecular formula is C18H36N2O2. The molecule has 2 N–H and O–H groups in total. The van der Waals surface area contributed by atoms with Crippen LogP contribution in [0.5, 0.6) is 0 Å². The molecular weight excluding hydrogens is 276 g/mol. The predicted octanol–water partition coefficient (Wildman–Crippen LogP) is 4.24. The second-order valence-electron chi connectivity index (χ2n) is 9.62. The minimum Gasteiger partial charge on any atom is -0.444 e. The van der Waals surface area contributed by atoms with Gasteiger partial charge >= 0.3 is 6.09 Å². The number of alkyl carbamates (subject to hydrolysis) is 1. The van der Waals surface area contributed by atoms with Gasteiger partial charge in [-0.05, 0) is 65.7 Å². The minimum absolute atomic E-state index is 0.115. The van der Waals surface area contributed by atoms with Gasteiger partial charge in [0.15, 0.2) is 0 Å². The third-order valence-corrected chi connectivity index (χ3v) is 3.72. The van der Waals surface area contributed by atoms with Gasteiger partial charge in [-0.3, -0.25) is 0 Å². The van der Waals surface area contributed by atoms with Crippen LogP contribution >= 0.6 is 0 Å². The van der Waals surface area contributed by atoms with Crippen molar-refractivity contribution in [1.29, 1.82) is 0 Å². The molecule has 1 saturated carbocycles. The molecule has 2 unspecified atom stereocenters. The summed E-state index contributed by atoms with van der Waals surface area (Å²) in [6, 6.07) is 0.690. The summed E-state index contributed by atoms with van der Waals surface area (Å²) in [7, 11) is 0. The molecule has 0 aromatic heterocycles. The van der Waals surface area contributed by atoms with Crippen molar-refractivity contribution in [3.63, 3.8) is 0 Å². The molecule has 0 aromatic carbocycles. The van der Waals surface area contributed by atoms with Crippen molar-refractivity contribution in [3.05, 3.63) is 0 Å². The Hall–Kier alpha value is -0.770. The van der Waals surface area contributed by atoms with Crippen LogP contribution in [0.1, 0.15) is 81.1 Å². The molecule has 2 atom stereocenters. The summed E-state index contributed by atoms with van der Waals surface area (Å²) in [6.45, 7) is 17.0. The first-order valence-electron chi connectivity index (χ1n) is 8.53. The smallest absolute Gasteiger partial charge is 0.407 e. The SMILES string of the molecule is CC(C)(C)CC(C)(C)NC1CCC(NC(=O)OC(C)(C)C)C1. The maximum Gasteiger partial charge on any atom is 0.407 e. The third-order valence-electron chi connectivity index (χ3n) is 3.72. The van der Waals surface area contributed by atoms with Crippen molar-refractivity contribution in [3.8, 4) is 0 Å². The molecule has 130 valence electrons. The summed E-state index contributed by atoms with van der Waals surface area (Å²) < 4.78 is 5.33. The fourth-order valence-electron chi connectivity index (χ4n) is 3.65. The molecule has 0 aromatic rings. The Morgan fingerprint density at radius 1 is 1.00 bits per heavy atom. The highest BCUT2D eigenvalue weighted by atomic mass is 16.6. The number of hydrogen-bond donors (Lipinski definition) is 2. The average Bonchev–Trinajstić information content (AvgIpc) is 2.56. The number of amides is 1. The van der Waals surface area contributed by atoms with Crippen molar-refractivity contribution >= 4 is 6.09 Å². The quantitative estimate of drug-likeness (QED) is 0.816. The summed E-state index contributed by atoms with van der Waals surface area (Å²) in [5, 5.41) is 6.77. The van der Waals surface area contributed by atoms with Crippen molar-refractivity contribution < 1.29 is 9.53 Å². The first-order valence-corrected chi connectivity index (χ1v) is 8.53. The number of nitrogens with one attached hydrogen (secondary N) is 2. The van der Waals surface area contributed by atoms with Gasteiger partial charge in [0.1, 0.15) is 5.60 Å². The Morgan fingerprint density at radius 3 is 2.05 bits per heavy atom. The topological polar surface area (TPSA) is 50.4 Å². The summed E-state index contributed by atoms with van der Waals surface area (Å²) in [5.74, 6) is 0. The zero-order chi connectivity index (χ0) is 17.2. The lowest BCUT2D eigenvalue weighted by Gasteiger charge is -2.36. The van der Waals surface area contributed by atoms with Crippen LogP contribution in [0.4, 0.5) is 4.79 Å². The van der Waals surface area contributed by atoms with E-state index in [9.17, 15) is 4.79 Å². The van der Waals surface area contributed by atoms with Crippen LogP contribution in [0.2, 0.25) is 0 Å². The lowest BCUT2D eigenvalue weighted by Crippen LogP contribution is -2.48. The summed E-state index contributed by atoms with van der Waals surface area (Å²) in [4.78, 5) is 11.8. The van der Waals surface area contributed by atoms with Crippen LogP contribution in [-0.2, 0) is 4.74 Å². The Labute approximate surface area is 136 Å². The van der Waals surface area contributed by atoms with E-state index in [-0.39, 0.29) is 17.7 Å². The van der Waals surface area contributed by atoms with Crippen molar-refractivity contribution in [2.45, 2.75) is 104 Å². The van der Waals surface area contributed by atoms with Gasteiger partial charge in [0.05, 0.1) is 0 Å². The highest BCUT2D eigenvalue weighted by Crippen LogP contribution is 2.29. The Morgan fingerprint density at radius 2 is 1.55 bits per heavy atom. The van der Waals surface area contributed by atoms with Gasteiger partial charge in [-0.15, -0.1) is 0 Å². The van der Waals surface area contributed by atoms with Gasteiger partial charge in [0, 0.05) is 17.6 Å². The zero-order valence-electron chi connectivity index (χ0n) is 15.8. The van der Waals surface area contributed by atoms with E-state index >= 15 is 0 Å². The van der Waals surface area contributed by atoms with E-state index in [1.54, 1.807) is 0 Å². The van der Waals surface area contributed by atoms with Gasteiger partial charge in [0.2, 0.25) is 0 Å². The van der Waals surface area contributed by atoms with Crippen LogP contribution in [0.3, 0.4) is 0 Å². The Balaban J connectivity index is 2.41. The number of ether oxygens (including phenoxy) is 1. The molecule has 1 amide bonds. The van der Waals surface area contributed by atoms with Gasteiger partial charge in [-0.2, -0.15) is 0 Å². The van der Waals surface area contributed by atoms with Gasteiger partial charge < -0.3 is 15.4 Å². The number of carbonyl (C=O) groups excluding carboxylic acids is 1. The molecule has 0 saturated heterocycles. The normalized spacial score (nSPS) is 23.5. The van der Waals surface area contributed by atoms with E-state index in [0.717, 1.165) is 25.7 Å². The van der Waals surface area contributed by atoms with Gasteiger partial charge in [0.25, 0.3) is 0 Å². The summed E-state index contributed by atoms with van der Waals surface area (Å²) in [5.41, 5.74) is -0.0119. The molecule has 0 radical (unpaired) electrons. The fourth-order valence-corrected chi connectivity index (χ4v) is 3.65. The van der Waals surface area contributed by atoms with E-state index in [0.29, 0.717) is 11.5 Å². The minimum atomic E-state index is -0.435. The molecule has 4 nitrogen and oxygen atoms in total. The molecule has 0 heterocycles. The highest BCUT2D eigenvalue weighted by molar-refractivity contribution is 5.68. The Kier molecular flexibility index (Phi) is 5.94. The number of carbonyl (C=O) groups is 1. The monoisotopic (exact) mass is 312 g/mol. The van der Waals surface area contributed by atoms with E-state index in [4.69, 9.17) is 4.74 Å². The van der Waals surface area contributed by atoms with Crippen LogP contribution in [0.15, 0.2) is 0 Å². The average molecular weight is 312 g/mol. The predicted molar refractivity (Wildman–Crippen MR) is 92.1 cm³/mol. The standard InChI is InChI=1S/C18H36N2O2/c1-16(2,3)12-18(7,8)20-14-10-9-13(11-14)19-15(21)22-17(4,5)6/h13-14,20H,9-12H2,1-8H3,(H,19,21). The largest absolute Gasteiger partial charge is 0.444 e. The van der Waals surface area contributed by atoms with Crippen molar-refractivity contribution in [2.24, 2.45) is 5.41 Å². The van der Waals surface area contributed by atoms with Crippen molar-refractivity contribution in [1.82, 2.24) is 10.6 Å². The molecule has 22 heavy (non-hydrogen) atoms. The molecule has 0 aliphatic heterocycles. The van der Waals surface area contributed by atoms with Crippen LogP contribution in [-0.4, -0.2) is 29.3 Å². The van der Waals surface area contributed by atoms with E-state index in [2.05, 4.69) is 45.3 Å². The molecule has 0 spiro atoms. The van der Waals surface area contributed by atoms with Crippen LogP contribution in [0, 0.1) is 5.41 Å². The summed E-state index contributed by atoms with van der Waals surface area (Å²) >= 11 is 0. The maximum atomic E-state index is 11.8. The van der Waals surface area contributed by atoms with E-state index in [1.165, 1.54) is 0 Å². The summed E-state index contributed by atoms with van der Waals surface area (Å²) in [6.07, 6.45) is 3.93. The van der Waals surface area contributed by atoms with Gasteiger partial charge in [-0.1, -0.05) is 20.8 Å². The highest BCUT2D eigenvalue weighted by Gasteiger charge is 2.32. The molecule has 4 heteroatoms. The number of hydrogen-bond acceptors (Lipinski definition) is 3. The van der Waals surface area contributed by atoms with Gasteiger partial charge in [-0.25, -0.2) is 4.79 Å². The second-order valence-corrected chi connectivity index (χ2v) is 9.62. The van der Waals surface area contributed by atoms with Crippen molar-refractivity contribution in [2.75, 3.05) is 0 Å². The lowest BCUT2D eigenvalue weighted by atomic mass is 9.81. The maximum absolute atomic E-state index is 11.8. The van der Waals surface area contributed by atoms with E-state index < -0.39 is 5.60 Å². The molecule has 1 fully saturated rings. The lowest BCUT2D eigenvalue weighted by molar-refractivity contribution is 0.0505. The molecule has 1 rings (SSSR count). The van der Waals surface area contributed by atoms with E-state index in [1.807, 2.05) is 20.8 Å². The first kappa shape index (κ1) is 19.3. The first-order chi connectivity index (χ1) is 9.76. The van der Waals surface area contributed by atoms with Crippen LogP contribution < -0.4 is 10.6 Å². The Bertz CT molecular complexity index is 378. The number of rotatable bonds is 4. The van der Waals surface area contributed by atoms with Crippen LogP contribution in [0.25, 0.3) is 0 Å². The molecule has 1 aliphatic rings. The zero-order valence-corrected chi connectivity index (χ0v) is 15.8. The molecule has 1 aliphatic carbocycles.